The highest BCUT2D eigenvalue weighted by molar-refractivity contribution is 5.77. The highest BCUT2D eigenvalue weighted by atomic mass is 19.4. The normalized spacial score (nSPS) is 13.0. The molecule has 1 atom stereocenters. The Labute approximate surface area is 183 Å². The number of aromatic nitrogens is 2. The van der Waals surface area contributed by atoms with Crippen molar-refractivity contribution in [1.82, 2.24) is 9.97 Å². The molecule has 0 amide bonds. The van der Waals surface area contributed by atoms with Crippen LogP contribution in [0.1, 0.15) is 30.6 Å². The van der Waals surface area contributed by atoms with E-state index in [0.29, 0.717) is 16.8 Å². The van der Waals surface area contributed by atoms with Gasteiger partial charge in [0.05, 0.1) is 38.2 Å². The lowest BCUT2D eigenvalue weighted by molar-refractivity contribution is -0.222. The summed E-state index contributed by atoms with van der Waals surface area (Å²) in [5.74, 6) is -1.04. The lowest BCUT2D eigenvalue weighted by Gasteiger charge is -2.24. The Morgan fingerprint density at radius 2 is 1.94 bits per heavy atom. The van der Waals surface area contributed by atoms with Gasteiger partial charge in [0.25, 0.3) is 0 Å². The number of rotatable bonds is 11. The van der Waals surface area contributed by atoms with Crippen molar-refractivity contribution in [3.05, 3.63) is 47.8 Å². The molecule has 0 unspecified atom stereocenters. The summed E-state index contributed by atoms with van der Waals surface area (Å²) in [7, 11) is 2.83. The van der Waals surface area contributed by atoms with Crippen molar-refractivity contribution in [1.29, 1.82) is 0 Å². The van der Waals surface area contributed by atoms with Gasteiger partial charge in [0.2, 0.25) is 0 Å². The first-order chi connectivity index (χ1) is 15.2. The van der Waals surface area contributed by atoms with E-state index >= 15 is 0 Å². The maximum Gasteiger partial charge on any atom is 0.418 e. The van der Waals surface area contributed by atoms with Gasteiger partial charge < -0.3 is 24.6 Å². The first kappa shape index (κ1) is 25.1. The van der Waals surface area contributed by atoms with Crippen molar-refractivity contribution >= 4 is 22.9 Å². The zero-order valence-corrected chi connectivity index (χ0v) is 17.8. The molecule has 32 heavy (non-hydrogen) atoms. The van der Waals surface area contributed by atoms with E-state index in [1.165, 1.54) is 57.8 Å². The van der Waals surface area contributed by atoms with E-state index in [9.17, 15) is 18.0 Å². The number of nitrogens with zero attached hydrogens (tertiary/aromatic N) is 2. The van der Waals surface area contributed by atoms with E-state index in [0.717, 1.165) is 0 Å². The summed E-state index contributed by atoms with van der Waals surface area (Å²) < 4.78 is 56.1. The van der Waals surface area contributed by atoms with Crippen LogP contribution in [-0.4, -0.2) is 54.7 Å². The third-order valence-electron chi connectivity index (χ3n) is 4.25. The lowest BCUT2D eigenvalue weighted by atomic mass is 9.98. The van der Waals surface area contributed by atoms with E-state index in [4.69, 9.17) is 19.3 Å². The minimum absolute atomic E-state index is 0.0753. The summed E-state index contributed by atoms with van der Waals surface area (Å²) in [5.41, 5.74) is 1.28. The molecule has 0 aliphatic heterocycles. The number of methoxy groups -OCH3 is 2. The smallest absolute Gasteiger partial charge is 0.418 e. The van der Waals surface area contributed by atoms with Gasteiger partial charge in [0, 0.05) is 25.0 Å². The standard InChI is InChI=1S/C21H24F3N3O5/c1-4-32-19(21(22,23)24)16-7-5-13(14(12-30-2)6-8-18(28)29)9-17(16)27-15-10-25-20(31-3)26-11-15/h5-7,9-11,19,27H,4,8,12H2,1-3H3,(H,28,29)/t19-/m1/s1. The predicted molar refractivity (Wildman–Crippen MR) is 111 cm³/mol. The van der Waals surface area contributed by atoms with E-state index < -0.39 is 18.2 Å². The summed E-state index contributed by atoms with van der Waals surface area (Å²) in [4.78, 5) is 18.8. The molecule has 0 fully saturated rings. The van der Waals surface area contributed by atoms with Gasteiger partial charge >= 0.3 is 18.2 Å². The average Bonchev–Trinajstić information content (AvgIpc) is 2.75. The van der Waals surface area contributed by atoms with Crippen LogP contribution in [0.15, 0.2) is 36.7 Å². The SMILES string of the molecule is CCO[C@H](c1ccc(C(=CCC(=O)O)COC)cc1Nc1cnc(OC)nc1)C(F)(F)F. The number of carbonyl (C=O) groups is 1. The van der Waals surface area contributed by atoms with Gasteiger partial charge in [-0.05, 0) is 24.1 Å². The monoisotopic (exact) mass is 455 g/mol. The zero-order chi connectivity index (χ0) is 23.7. The molecule has 1 aromatic heterocycles. The molecule has 11 heteroatoms. The van der Waals surface area contributed by atoms with Gasteiger partial charge in [-0.3, -0.25) is 4.79 Å². The summed E-state index contributed by atoms with van der Waals surface area (Å²) in [6.07, 6.45) is -2.91. The fourth-order valence-corrected chi connectivity index (χ4v) is 2.89. The predicted octanol–water partition coefficient (Wildman–Crippen LogP) is 4.37. The quantitative estimate of drug-likeness (QED) is 0.515. The van der Waals surface area contributed by atoms with Crippen molar-refractivity contribution in [2.24, 2.45) is 0 Å². The Hall–Kier alpha value is -3.18. The van der Waals surface area contributed by atoms with Gasteiger partial charge in [0.15, 0.2) is 6.10 Å². The lowest BCUT2D eigenvalue weighted by Crippen LogP contribution is -2.24. The number of nitrogens with one attached hydrogen (secondary N) is 1. The number of ether oxygens (including phenoxy) is 3. The molecule has 0 saturated heterocycles. The number of halogens is 3. The summed E-state index contributed by atoms with van der Waals surface area (Å²) in [5, 5.41) is 11.9. The number of alkyl halides is 3. The molecule has 2 rings (SSSR count). The second kappa shape index (κ2) is 11.4. The Kier molecular flexibility index (Phi) is 8.97. The molecule has 8 nitrogen and oxygen atoms in total. The van der Waals surface area contributed by atoms with E-state index in [1.807, 2.05) is 0 Å². The number of aliphatic carboxylic acids is 1. The molecule has 1 aromatic carbocycles. The minimum Gasteiger partial charge on any atom is -0.481 e. The van der Waals surface area contributed by atoms with Crippen molar-refractivity contribution < 1.29 is 37.3 Å². The highest BCUT2D eigenvalue weighted by Crippen LogP contribution is 2.40. The minimum atomic E-state index is -4.65. The van der Waals surface area contributed by atoms with Crippen LogP contribution in [-0.2, 0) is 14.3 Å². The fourth-order valence-electron chi connectivity index (χ4n) is 2.89. The molecule has 1 heterocycles. The van der Waals surface area contributed by atoms with Crippen molar-refractivity contribution in [2.45, 2.75) is 25.6 Å². The Balaban J connectivity index is 2.57. The van der Waals surface area contributed by atoms with E-state index in [2.05, 4.69) is 15.3 Å². The molecular weight excluding hydrogens is 431 g/mol. The van der Waals surface area contributed by atoms with Crippen LogP contribution in [0.4, 0.5) is 24.5 Å². The Morgan fingerprint density at radius 3 is 2.47 bits per heavy atom. The second-order valence-electron chi connectivity index (χ2n) is 6.52. The van der Waals surface area contributed by atoms with Gasteiger partial charge in [-0.15, -0.1) is 0 Å². The molecule has 0 saturated carbocycles. The third-order valence-corrected chi connectivity index (χ3v) is 4.25. The van der Waals surface area contributed by atoms with Crippen LogP contribution in [0.3, 0.4) is 0 Å². The Bertz CT molecular complexity index is 933. The molecular formula is C21H24F3N3O5. The number of anilines is 2. The topological polar surface area (TPSA) is 103 Å². The first-order valence-corrected chi connectivity index (χ1v) is 9.55. The molecule has 2 aromatic rings. The molecule has 0 aliphatic carbocycles. The number of benzene rings is 1. The average molecular weight is 455 g/mol. The van der Waals surface area contributed by atoms with Gasteiger partial charge in [0.1, 0.15) is 0 Å². The van der Waals surface area contributed by atoms with Crippen LogP contribution in [0.25, 0.3) is 5.57 Å². The molecule has 0 spiro atoms. The molecule has 0 radical (unpaired) electrons. The van der Waals surface area contributed by atoms with Crippen LogP contribution < -0.4 is 10.1 Å². The van der Waals surface area contributed by atoms with Gasteiger partial charge in [-0.2, -0.15) is 13.2 Å². The maximum atomic E-state index is 13.7. The summed E-state index contributed by atoms with van der Waals surface area (Å²) in [6.45, 7) is 1.40. The summed E-state index contributed by atoms with van der Waals surface area (Å²) >= 11 is 0. The molecule has 174 valence electrons. The van der Waals surface area contributed by atoms with Crippen molar-refractivity contribution in [2.75, 3.05) is 32.8 Å². The second-order valence-corrected chi connectivity index (χ2v) is 6.52. The molecule has 2 N–H and O–H groups in total. The third kappa shape index (κ3) is 6.92. The highest BCUT2D eigenvalue weighted by Gasteiger charge is 2.43. The maximum absolute atomic E-state index is 13.7. The van der Waals surface area contributed by atoms with E-state index in [1.54, 1.807) is 0 Å². The number of carboxylic acids is 1. The number of hydrogen-bond donors (Lipinski definition) is 2. The largest absolute Gasteiger partial charge is 0.481 e. The van der Waals surface area contributed by atoms with Crippen LogP contribution in [0.5, 0.6) is 6.01 Å². The first-order valence-electron chi connectivity index (χ1n) is 9.55. The van der Waals surface area contributed by atoms with E-state index in [-0.39, 0.29) is 36.9 Å². The van der Waals surface area contributed by atoms with Crippen LogP contribution >= 0.6 is 0 Å². The van der Waals surface area contributed by atoms with Gasteiger partial charge in [-0.25, -0.2) is 9.97 Å². The Morgan fingerprint density at radius 1 is 1.25 bits per heavy atom. The number of hydrogen-bond acceptors (Lipinski definition) is 7. The van der Waals surface area contributed by atoms with Crippen LogP contribution in [0, 0.1) is 0 Å². The van der Waals surface area contributed by atoms with Gasteiger partial charge in [-0.1, -0.05) is 18.2 Å². The summed E-state index contributed by atoms with van der Waals surface area (Å²) in [6, 6.07) is 4.34. The molecule has 0 aliphatic rings. The van der Waals surface area contributed by atoms with Crippen molar-refractivity contribution in [3.8, 4) is 6.01 Å². The fraction of sp³-hybridized carbons (Fsp3) is 0.381. The number of carboxylic acid groups (broad SMARTS) is 1. The molecule has 0 bridgehead atoms. The zero-order valence-electron chi connectivity index (χ0n) is 17.8. The van der Waals surface area contributed by atoms with Crippen molar-refractivity contribution in [3.63, 3.8) is 0 Å². The van der Waals surface area contributed by atoms with Crippen LogP contribution in [0.2, 0.25) is 0 Å².